The van der Waals surface area contributed by atoms with Gasteiger partial charge in [0.1, 0.15) is 0 Å². The van der Waals surface area contributed by atoms with Gasteiger partial charge in [0.25, 0.3) is 5.91 Å². The lowest BCUT2D eigenvalue weighted by Gasteiger charge is -2.24. The molecular weight excluding hydrogens is 252 g/mol. The molecule has 0 aliphatic rings. The first kappa shape index (κ1) is 14.5. The van der Waals surface area contributed by atoms with Crippen LogP contribution < -0.4 is 11.1 Å². The predicted octanol–water partition coefficient (Wildman–Crippen LogP) is 1.81. The number of nitrogens with one attached hydrogen (secondary N) is 1. The molecular formula is C13H17ClN2O2. The third kappa shape index (κ3) is 4.37. The van der Waals surface area contributed by atoms with E-state index in [9.17, 15) is 9.59 Å². The second kappa shape index (κ2) is 5.87. The number of alkyl halides is 1. The highest BCUT2D eigenvalue weighted by Gasteiger charge is 2.23. The van der Waals surface area contributed by atoms with E-state index >= 15 is 0 Å². The number of primary amides is 1. The van der Waals surface area contributed by atoms with Gasteiger partial charge in [-0.15, -0.1) is 11.6 Å². The van der Waals surface area contributed by atoms with Crippen LogP contribution in [-0.2, 0) is 10.7 Å². The molecule has 0 atom stereocenters. The Morgan fingerprint density at radius 3 is 2.61 bits per heavy atom. The van der Waals surface area contributed by atoms with Crippen molar-refractivity contribution in [2.45, 2.75) is 31.7 Å². The van der Waals surface area contributed by atoms with Crippen LogP contribution in [0.25, 0.3) is 0 Å². The van der Waals surface area contributed by atoms with Crippen molar-refractivity contribution in [3.05, 3.63) is 35.4 Å². The van der Waals surface area contributed by atoms with Gasteiger partial charge in [0.2, 0.25) is 5.91 Å². The minimum Gasteiger partial charge on any atom is -0.370 e. The lowest BCUT2D eigenvalue weighted by atomic mass is 9.99. The molecule has 1 rings (SSSR count). The molecule has 0 saturated carbocycles. The van der Waals surface area contributed by atoms with Crippen LogP contribution in [0.4, 0.5) is 0 Å². The lowest BCUT2D eigenvalue weighted by molar-refractivity contribution is -0.119. The smallest absolute Gasteiger partial charge is 0.251 e. The Bertz CT molecular complexity index is 458. The average molecular weight is 269 g/mol. The zero-order valence-corrected chi connectivity index (χ0v) is 11.3. The van der Waals surface area contributed by atoms with Crippen LogP contribution in [0, 0.1) is 0 Å². The molecule has 0 fully saturated rings. The van der Waals surface area contributed by atoms with Gasteiger partial charge in [-0.2, -0.15) is 0 Å². The molecule has 18 heavy (non-hydrogen) atoms. The molecule has 1 aromatic rings. The zero-order chi connectivity index (χ0) is 13.8. The fraction of sp³-hybridized carbons (Fsp3) is 0.385. The SMILES string of the molecule is CC(C)(CC(N)=O)NC(=O)c1cccc(CCl)c1. The van der Waals surface area contributed by atoms with Gasteiger partial charge in [-0.05, 0) is 31.5 Å². The van der Waals surface area contributed by atoms with Crippen LogP contribution in [0.15, 0.2) is 24.3 Å². The molecule has 0 spiro atoms. The highest BCUT2D eigenvalue weighted by molar-refractivity contribution is 6.17. The van der Waals surface area contributed by atoms with Crippen LogP contribution in [0.2, 0.25) is 0 Å². The van der Waals surface area contributed by atoms with Gasteiger partial charge in [-0.3, -0.25) is 9.59 Å². The summed E-state index contributed by atoms with van der Waals surface area (Å²) < 4.78 is 0. The molecule has 0 aliphatic heterocycles. The summed E-state index contributed by atoms with van der Waals surface area (Å²) in [6.07, 6.45) is 0.0912. The highest BCUT2D eigenvalue weighted by Crippen LogP contribution is 2.12. The summed E-state index contributed by atoms with van der Waals surface area (Å²) in [4.78, 5) is 22.9. The average Bonchev–Trinajstić information content (AvgIpc) is 2.26. The standard InChI is InChI=1S/C13H17ClN2O2/c1-13(2,7-11(15)17)16-12(18)10-5-3-4-9(6-10)8-14/h3-6H,7-8H2,1-2H3,(H2,15,17)(H,16,18). The van der Waals surface area contributed by atoms with E-state index in [1.54, 1.807) is 32.0 Å². The molecule has 0 bridgehead atoms. The minimum atomic E-state index is -0.667. The van der Waals surface area contributed by atoms with Crippen LogP contribution >= 0.6 is 11.6 Å². The molecule has 98 valence electrons. The van der Waals surface area contributed by atoms with Crippen molar-refractivity contribution in [2.75, 3.05) is 0 Å². The quantitative estimate of drug-likeness (QED) is 0.800. The van der Waals surface area contributed by atoms with E-state index < -0.39 is 11.4 Å². The fourth-order valence-electron chi connectivity index (χ4n) is 1.65. The van der Waals surface area contributed by atoms with Gasteiger partial charge in [-0.25, -0.2) is 0 Å². The van der Waals surface area contributed by atoms with Crippen molar-refractivity contribution in [1.82, 2.24) is 5.32 Å². The van der Waals surface area contributed by atoms with Gasteiger partial charge in [0, 0.05) is 23.4 Å². The van der Waals surface area contributed by atoms with E-state index in [0.717, 1.165) is 5.56 Å². The van der Waals surface area contributed by atoms with Gasteiger partial charge in [0.15, 0.2) is 0 Å². The molecule has 3 N–H and O–H groups in total. The summed E-state index contributed by atoms with van der Waals surface area (Å²) in [5.74, 6) is -0.339. The maximum atomic E-state index is 12.0. The Kier molecular flexibility index (Phi) is 4.73. The Morgan fingerprint density at radius 2 is 2.06 bits per heavy atom. The zero-order valence-electron chi connectivity index (χ0n) is 10.5. The van der Waals surface area contributed by atoms with Crippen LogP contribution in [0.1, 0.15) is 36.2 Å². The Balaban J connectivity index is 2.78. The van der Waals surface area contributed by atoms with E-state index in [-0.39, 0.29) is 12.3 Å². The maximum absolute atomic E-state index is 12.0. The monoisotopic (exact) mass is 268 g/mol. The fourth-order valence-corrected chi connectivity index (χ4v) is 1.82. The summed E-state index contributed by atoms with van der Waals surface area (Å²) >= 11 is 5.71. The van der Waals surface area contributed by atoms with Gasteiger partial charge < -0.3 is 11.1 Å². The number of carbonyl (C=O) groups excluding carboxylic acids is 2. The first-order valence-corrected chi connectivity index (χ1v) is 6.13. The van der Waals surface area contributed by atoms with Crippen molar-refractivity contribution >= 4 is 23.4 Å². The number of hydrogen-bond donors (Lipinski definition) is 2. The molecule has 0 radical (unpaired) electrons. The number of hydrogen-bond acceptors (Lipinski definition) is 2. The van der Waals surface area contributed by atoms with Crippen molar-refractivity contribution in [2.24, 2.45) is 5.73 Å². The summed E-state index contributed by atoms with van der Waals surface area (Å²) in [6.45, 7) is 3.50. The molecule has 1 aromatic carbocycles. The number of amides is 2. The molecule has 2 amide bonds. The lowest BCUT2D eigenvalue weighted by Crippen LogP contribution is -2.46. The first-order chi connectivity index (χ1) is 8.34. The molecule has 0 heterocycles. The van der Waals surface area contributed by atoms with E-state index in [1.165, 1.54) is 0 Å². The second-order valence-corrected chi connectivity index (χ2v) is 5.08. The summed E-state index contributed by atoms with van der Waals surface area (Å²) in [5.41, 5.74) is 5.86. The first-order valence-electron chi connectivity index (χ1n) is 5.60. The molecule has 0 aliphatic carbocycles. The van der Waals surface area contributed by atoms with Crippen molar-refractivity contribution in [1.29, 1.82) is 0 Å². The Labute approximate surface area is 112 Å². The molecule has 0 aromatic heterocycles. The maximum Gasteiger partial charge on any atom is 0.251 e. The Morgan fingerprint density at radius 1 is 1.39 bits per heavy atom. The minimum absolute atomic E-state index is 0.0912. The number of halogens is 1. The van der Waals surface area contributed by atoms with E-state index in [2.05, 4.69) is 5.32 Å². The predicted molar refractivity (Wildman–Crippen MR) is 71.4 cm³/mol. The molecule has 0 unspecified atom stereocenters. The molecule has 4 nitrogen and oxygen atoms in total. The van der Waals surface area contributed by atoms with E-state index in [4.69, 9.17) is 17.3 Å². The number of nitrogens with two attached hydrogens (primary N) is 1. The van der Waals surface area contributed by atoms with Gasteiger partial charge in [-0.1, -0.05) is 12.1 Å². The van der Waals surface area contributed by atoms with Crippen molar-refractivity contribution < 1.29 is 9.59 Å². The van der Waals surface area contributed by atoms with E-state index in [1.807, 2.05) is 6.07 Å². The van der Waals surface area contributed by atoms with Crippen molar-refractivity contribution in [3.8, 4) is 0 Å². The van der Waals surface area contributed by atoms with Gasteiger partial charge in [0.05, 0.1) is 0 Å². The highest BCUT2D eigenvalue weighted by atomic mass is 35.5. The largest absolute Gasteiger partial charge is 0.370 e. The number of carbonyl (C=O) groups is 2. The second-order valence-electron chi connectivity index (χ2n) is 4.82. The molecule has 0 saturated heterocycles. The number of rotatable bonds is 5. The van der Waals surface area contributed by atoms with Crippen molar-refractivity contribution in [3.63, 3.8) is 0 Å². The Hall–Kier alpha value is -1.55. The normalized spacial score (nSPS) is 11.1. The summed E-state index contributed by atoms with van der Waals surface area (Å²) in [5, 5.41) is 2.77. The van der Waals surface area contributed by atoms with Crippen LogP contribution in [-0.4, -0.2) is 17.4 Å². The van der Waals surface area contributed by atoms with Crippen LogP contribution in [0.3, 0.4) is 0 Å². The topological polar surface area (TPSA) is 72.2 Å². The third-order valence-corrected chi connectivity index (χ3v) is 2.72. The number of benzene rings is 1. The summed E-state index contributed by atoms with van der Waals surface area (Å²) in [6, 6.07) is 7.04. The third-order valence-electron chi connectivity index (χ3n) is 2.41. The van der Waals surface area contributed by atoms with Crippen LogP contribution in [0.5, 0.6) is 0 Å². The molecule has 5 heteroatoms. The van der Waals surface area contributed by atoms with Gasteiger partial charge >= 0.3 is 0 Å². The summed E-state index contributed by atoms with van der Waals surface area (Å²) in [7, 11) is 0. The van der Waals surface area contributed by atoms with E-state index in [0.29, 0.717) is 11.4 Å².